The summed E-state index contributed by atoms with van der Waals surface area (Å²) >= 11 is 0. The van der Waals surface area contributed by atoms with Crippen LogP contribution >= 0.6 is 0 Å². The van der Waals surface area contributed by atoms with Gasteiger partial charge in [-0.15, -0.1) is 0 Å². The quantitative estimate of drug-likeness (QED) is 0.558. The van der Waals surface area contributed by atoms with E-state index in [4.69, 9.17) is 4.74 Å². The maximum atomic E-state index is 12.7. The molecule has 0 saturated carbocycles. The van der Waals surface area contributed by atoms with Gasteiger partial charge < -0.3 is 15.2 Å². The van der Waals surface area contributed by atoms with Crippen molar-refractivity contribution in [2.75, 3.05) is 18.5 Å². The number of carbonyl (C=O) groups is 3. The average molecular weight is 424 g/mol. The zero-order valence-electron chi connectivity index (χ0n) is 17.9. The maximum Gasteiger partial charge on any atom is 0.310 e. The van der Waals surface area contributed by atoms with Crippen molar-refractivity contribution in [3.63, 3.8) is 0 Å². The van der Waals surface area contributed by atoms with Crippen molar-refractivity contribution < 1.29 is 24.2 Å². The minimum atomic E-state index is -1.04. The van der Waals surface area contributed by atoms with E-state index in [1.807, 2.05) is 36.4 Å². The van der Waals surface area contributed by atoms with Crippen LogP contribution < -0.4 is 5.32 Å². The summed E-state index contributed by atoms with van der Waals surface area (Å²) in [5, 5.41) is 12.6. The van der Waals surface area contributed by atoms with Crippen LogP contribution in [0, 0.1) is 5.41 Å². The molecule has 1 aliphatic heterocycles. The van der Waals surface area contributed by atoms with Crippen LogP contribution in [0.4, 0.5) is 5.69 Å². The summed E-state index contributed by atoms with van der Waals surface area (Å²) in [6, 6.07) is 14.8. The molecule has 0 spiro atoms. The first kappa shape index (κ1) is 22.7. The van der Waals surface area contributed by atoms with Crippen molar-refractivity contribution in [3.05, 3.63) is 54.1 Å². The van der Waals surface area contributed by atoms with Gasteiger partial charge in [0.05, 0.1) is 5.41 Å². The smallest absolute Gasteiger partial charge is 0.310 e. The molecule has 0 atom stereocenters. The molecule has 0 aliphatic carbocycles. The van der Waals surface area contributed by atoms with E-state index in [9.17, 15) is 19.5 Å². The van der Waals surface area contributed by atoms with Crippen LogP contribution in [0.5, 0.6) is 0 Å². The van der Waals surface area contributed by atoms with E-state index in [-0.39, 0.29) is 18.1 Å². The summed E-state index contributed by atoms with van der Waals surface area (Å²) in [7, 11) is 0. The Morgan fingerprint density at radius 1 is 0.968 bits per heavy atom. The molecule has 0 aromatic heterocycles. The van der Waals surface area contributed by atoms with Gasteiger partial charge in [-0.2, -0.15) is 0 Å². The van der Waals surface area contributed by atoms with Crippen LogP contribution in [0.1, 0.15) is 55.8 Å². The molecular formula is C25H29NO5. The Hall–Kier alpha value is -2.99. The van der Waals surface area contributed by atoms with Crippen molar-refractivity contribution >= 4 is 23.3 Å². The van der Waals surface area contributed by atoms with Gasteiger partial charge in [0.15, 0.2) is 5.78 Å². The van der Waals surface area contributed by atoms with Gasteiger partial charge in [-0.05, 0) is 42.5 Å². The zero-order valence-corrected chi connectivity index (χ0v) is 17.9. The lowest BCUT2D eigenvalue weighted by Crippen LogP contribution is -2.39. The van der Waals surface area contributed by atoms with Crippen LogP contribution in [0.3, 0.4) is 0 Å². The minimum Gasteiger partial charge on any atom is -0.481 e. The zero-order chi connectivity index (χ0) is 22.3. The fourth-order valence-electron chi connectivity index (χ4n) is 3.79. The molecule has 31 heavy (non-hydrogen) atoms. The molecule has 1 heterocycles. The number of nitrogens with one attached hydrogen (secondary N) is 1. The molecule has 3 rings (SSSR count). The second-order valence-electron chi connectivity index (χ2n) is 8.10. The van der Waals surface area contributed by atoms with Gasteiger partial charge in [-0.1, -0.05) is 49.7 Å². The number of hydrogen-bond acceptors (Lipinski definition) is 4. The van der Waals surface area contributed by atoms with Crippen molar-refractivity contribution in [3.8, 4) is 11.1 Å². The number of ketones is 1. The highest BCUT2D eigenvalue weighted by Gasteiger charge is 2.42. The van der Waals surface area contributed by atoms with Crippen molar-refractivity contribution in [1.29, 1.82) is 0 Å². The second kappa shape index (κ2) is 10.4. The number of Topliss-reactive ketones (excluding diaryl/α,β-unsaturated/α-hetero) is 1. The largest absolute Gasteiger partial charge is 0.481 e. The Balaban J connectivity index is 1.65. The third kappa shape index (κ3) is 5.79. The van der Waals surface area contributed by atoms with E-state index in [1.54, 1.807) is 12.1 Å². The summed E-state index contributed by atoms with van der Waals surface area (Å²) in [5.74, 6) is -1.08. The predicted molar refractivity (Wildman–Crippen MR) is 119 cm³/mol. The molecule has 1 fully saturated rings. The van der Waals surface area contributed by atoms with Crippen molar-refractivity contribution in [2.24, 2.45) is 5.41 Å². The third-order valence-electron chi connectivity index (χ3n) is 5.87. The maximum absolute atomic E-state index is 12.7. The summed E-state index contributed by atoms with van der Waals surface area (Å²) in [6.45, 7) is 2.79. The van der Waals surface area contributed by atoms with E-state index in [2.05, 4.69) is 12.2 Å². The van der Waals surface area contributed by atoms with Crippen LogP contribution in [0.25, 0.3) is 11.1 Å². The number of ether oxygens (including phenoxy) is 1. The van der Waals surface area contributed by atoms with Gasteiger partial charge >= 0.3 is 5.97 Å². The molecule has 0 radical (unpaired) electrons. The van der Waals surface area contributed by atoms with Gasteiger partial charge in [-0.25, -0.2) is 0 Å². The first-order valence-corrected chi connectivity index (χ1v) is 10.8. The van der Waals surface area contributed by atoms with Crippen LogP contribution in [-0.2, 0) is 14.3 Å². The van der Waals surface area contributed by atoms with Gasteiger partial charge in [0, 0.05) is 37.3 Å². The molecule has 1 saturated heterocycles. The third-order valence-corrected chi connectivity index (χ3v) is 5.87. The molecule has 164 valence electrons. The molecule has 0 bridgehead atoms. The summed E-state index contributed by atoms with van der Waals surface area (Å²) < 4.78 is 5.28. The molecule has 1 amide bonds. The first-order valence-electron chi connectivity index (χ1n) is 10.8. The number of rotatable bonds is 9. The number of benzene rings is 2. The minimum absolute atomic E-state index is 0.0149. The topological polar surface area (TPSA) is 92.7 Å². The van der Waals surface area contributed by atoms with E-state index < -0.39 is 11.4 Å². The van der Waals surface area contributed by atoms with Crippen LogP contribution in [0.2, 0.25) is 0 Å². The van der Waals surface area contributed by atoms with Crippen LogP contribution in [-0.4, -0.2) is 36.0 Å². The monoisotopic (exact) mass is 423 g/mol. The molecule has 2 aromatic rings. The molecule has 1 aliphatic rings. The Morgan fingerprint density at radius 2 is 1.55 bits per heavy atom. The highest BCUT2D eigenvalue weighted by Crippen LogP contribution is 2.36. The van der Waals surface area contributed by atoms with Gasteiger partial charge in [0.1, 0.15) is 0 Å². The molecule has 6 heteroatoms. The number of unbranched alkanes of at least 4 members (excludes halogenated alkanes) is 1. The average Bonchev–Trinajstić information content (AvgIpc) is 2.79. The lowest BCUT2D eigenvalue weighted by molar-refractivity contribution is -0.154. The molecule has 6 nitrogen and oxygen atoms in total. The highest BCUT2D eigenvalue weighted by atomic mass is 16.5. The standard InChI is InChI=1S/C25H29NO5/c1-2-3-4-23(28)26-21-11-9-19(10-12-21)18-5-7-20(8-6-18)22(27)17-25(24(29)30)13-15-31-16-14-25/h5-12H,2-4,13-17H2,1H3,(H,26,28)(H,29,30). The van der Waals surface area contributed by atoms with Crippen LogP contribution in [0.15, 0.2) is 48.5 Å². The summed E-state index contributed by atoms with van der Waals surface area (Å²) in [4.78, 5) is 36.4. The fraction of sp³-hybridized carbons (Fsp3) is 0.400. The number of hydrogen-bond donors (Lipinski definition) is 2. The van der Waals surface area contributed by atoms with E-state index in [1.165, 1.54) is 0 Å². The molecule has 2 aromatic carbocycles. The van der Waals surface area contributed by atoms with E-state index in [0.29, 0.717) is 38.0 Å². The Kier molecular flexibility index (Phi) is 7.58. The first-order chi connectivity index (χ1) is 14.9. The SMILES string of the molecule is CCCCC(=O)Nc1ccc(-c2ccc(C(=O)CC3(C(=O)O)CCOCC3)cc2)cc1. The second-order valence-corrected chi connectivity index (χ2v) is 8.10. The molecular weight excluding hydrogens is 394 g/mol. The van der Waals surface area contributed by atoms with Gasteiger partial charge in [-0.3, -0.25) is 14.4 Å². The fourth-order valence-corrected chi connectivity index (χ4v) is 3.79. The van der Waals surface area contributed by atoms with Crippen molar-refractivity contribution in [1.82, 2.24) is 0 Å². The Bertz CT molecular complexity index is 912. The van der Waals surface area contributed by atoms with E-state index >= 15 is 0 Å². The molecule has 0 unspecified atom stereocenters. The number of carbonyl (C=O) groups excluding carboxylic acids is 2. The lowest BCUT2D eigenvalue weighted by atomic mass is 9.75. The van der Waals surface area contributed by atoms with Crippen molar-refractivity contribution in [2.45, 2.75) is 45.4 Å². The van der Waals surface area contributed by atoms with E-state index in [0.717, 1.165) is 29.7 Å². The van der Waals surface area contributed by atoms with Gasteiger partial charge in [0.2, 0.25) is 5.91 Å². The number of carboxylic acids is 1. The Labute approximate surface area is 182 Å². The predicted octanol–water partition coefficient (Wildman–Crippen LogP) is 4.94. The summed E-state index contributed by atoms with van der Waals surface area (Å²) in [5.41, 5.74) is 2.14. The Morgan fingerprint density at radius 3 is 2.10 bits per heavy atom. The highest BCUT2D eigenvalue weighted by molar-refractivity contribution is 5.99. The normalized spacial score (nSPS) is 15.3. The number of anilines is 1. The van der Waals surface area contributed by atoms with Gasteiger partial charge in [0.25, 0.3) is 0 Å². The summed E-state index contributed by atoms with van der Waals surface area (Å²) in [6.07, 6.45) is 3.06. The lowest BCUT2D eigenvalue weighted by Gasteiger charge is -2.32. The number of amides is 1. The number of aliphatic carboxylic acids is 1. The molecule has 2 N–H and O–H groups in total. The number of carboxylic acid groups (broad SMARTS) is 1.